The van der Waals surface area contributed by atoms with Crippen LogP contribution in [0, 0.1) is 5.95 Å². The van der Waals surface area contributed by atoms with Crippen molar-refractivity contribution in [3.05, 3.63) is 53.7 Å². The number of amides is 2. The number of nitrogens with zero attached hydrogens (tertiary/aromatic N) is 5. The molecule has 3 fully saturated rings. The number of hydrogen-bond donors (Lipinski definition) is 2. The van der Waals surface area contributed by atoms with Crippen LogP contribution in [0.15, 0.2) is 36.7 Å². The number of rotatable bonds is 6. The summed E-state index contributed by atoms with van der Waals surface area (Å²) in [7, 11) is 1.57. The first-order valence-electron chi connectivity index (χ1n) is 10.6. The average molecular weight is 473 g/mol. The standard InChI is InChI=1S/C22H21F2N7O3.2H2/c1-12(14-4-3-7-25-17(14)23)34-20(33)27-18-16(29-30-31(18)2)15-6-5-13(8-26-15)19(32)28-22-9-21(24,10-22)11-22;;/h3-8,12H,9-11H2,1-2H3,(H,27,33)(H,28,32);2*1H/t12-,21?,22?;;/m1../s1. The summed E-state index contributed by atoms with van der Waals surface area (Å²) in [5.41, 5.74) is -0.452. The Morgan fingerprint density at radius 3 is 2.65 bits per heavy atom. The number of aryl methyl sites for hydroxylation is 1. The molecule has 3 aliphatic rings. The highest BCUT2D eigenvalue weighted by atomic mass is 19.1. The minimum atomic E-state index is -1.10. The van der Waals surface area contributed by atoms with E-state index in [-0.39, 0.29) is 25.8 Å². The summed E-state index contributed by atoms with van der Waals surface area (Å²) in [6, 6.07) is 6.16. The van der Waals surface area contributed by atoms with Gasteiger partial charge in [-0.2, -0.15) is 4.39 Å². The number of halogens is 2. The number of pyridine rings is 2. The molecule has 34 heavy (non-hydrogen) atoms. The minimum Gasteiger partial charge on any atom is -0.441 e. The Morgan fingerprint density at radius 2 is 2.00 bits per heavy atom. The minimum absolute atomic E-state index is 0. The molecule has 2 bridgehead atoms. The van der Waals surface area contributed by atoms with E-state index in [4.69, 9.17) is 4.74 Å². The summed E-state index contributed by atoms with van der Waals surface area (Å²) in [5, 5.41) is 13.4. The van der Waals surface area contributed by atoms with Gasteiger partial charge in [0.2, 0.25) is 5.95 Å². The van der Waals surface area contributed by atoms with Crippen molar-refractivity contribution < 1.29 is 26.0 Å². The topological polar surface area (TPSA) is 124 Å². The molecule has 2 amide bonds. The van der Waals surface area contributed by atoms with Crippen LogP contribution in [0.1, 0.15) is 51.1 Å². The molecule has 2 N–H and O–H groups in total. The molecular formula is C22H25F2N7O3. The van der Waals surface area contributed by atoms with Crippen molar-refractivity contribution in [1.82, 2.24) is 30.3 Å². The Balaban J connectivity index is 0.00000180. The molecule has 3 aromatic rings. The van der Waals surface area contributed by atoms with Crippen molar-refractivity contribution in [3.63, 3.8) is 0 Å². The monoisotopic (exact) mass is 473 g/mol. The highest BCUT2D eigenvalue weighted by Gasteiger charge is 2.69. The van der Waals surface area contributed by atoms with Gasteiger partial charge in [0.05, 0.1) is 11.3 Å². The van der Waals surface area contributed by atoms with E-state index in [1.165, 1.54) is 30.1 Å². The summed E-state index contributed by atoms with van der Waals surface area (Å²) >= 11 is 0. The summed E-state index contributed by atoms with van der Waals surface area (Å²) in [4.78, 5) is 32.7. The lowest BCUT2D eigenvalue weighted by atomic mass is 9.47. The van der Waals surface area contributed by atoms with Crippen LogP contribution in [0.4, 0.5) is 19.4 Å². The second-order valence-electron chi connectivity index (χ2n) is 8.81. The van der Waals surface area contributed by atoms with Gasteiger partial charge in [-0.25, -0.2) is 18.9 Å². The lowest BCUT2D eigenvalue weighted by Crippen LogP contribution is -2.76. The largest absolute Gasteiger partial charge is 0.441 e. The number of anilines is 1. The molecule has 3 saturated carbocycles. The van der Waals surface area contributed by atoms with Gasteiger partial charge in [0.15, 0.2) is 11.5 Å². The zero-order valence-corrected chi connectivity index (χ0v) is 18.4. The number of nitrogens with one attached hydrogen (secondary N) is 2. The summed E-state index contributed by atoms with van der Waals surface area (Å²) in [6.45, 7) is 1.52. The van der Waals surface area contributed by atoms with Crippen LogP contribution in [0.3, 0.4) is 0 Å². The summed E-state index contributed by atoms with van der Waals surface area (Å²) in [6.07, 6.45) is 2.02. The van der Waals surface area contributed by atoms with Crippen LogP contribution in [0.5, 0.6) is 0 Å². The molecule has 0 spiro atoms. The van der Waals surface area contributed by atoms with E-state index >= 15 is 0 Å². The molecule has 0 radical (unpaired) electrons. The van der Waals surface area contributed by atoms with Crippen molar-refractivity contribution in [2.45, 2.75) is 43.5 Å². The number of alkyl halides is 1. The van der Waals surface area contributed by atoms with Gasteiger partial charge in [-0.15, -0.1) is 5.10 Å². The molecule has 0 saturated heterocycles. The lowest BCUT2D eigenvalue weighted by molar-refractivity contribution is -0.162. The third-order valence-electron chi connectivity index (χ3n) is 6.17. The van der Waals surface area contributed by atoms with Gasteiger partial charge in [-0.1, -0.05) is 5.21 Å². The zero-order chi connectivity index (χ0) is 24.1. The van der Waals surface area contributed by atoms with E-state index < -0.39 is 29.4 Å². The first-order valence-corrected chi connectivity index (χ1v) is 10.6. The van der Waals surface area contributed by atoms with Crippen molar-refractivity contribution >= 4 is 17.8 Å². The van der Waals surface area contributed by atoms with Gasteiger partial charge in [0.25, 0.3) is 5.91 Å². The summed E-state index contributed by atoms with van der Waals surface area (Å²) in [5.74, 6) is -0.841. The Kier molecular flexibility index (Phi) is 5.03. The van der Waals surface area contributed by atoms with Gasteiger partial charge in [0.1, 0.15) is 11.8 Å². The molecule has 0 aromatic carbocycles. The average Bonchev–Trinajstić information content (AvgIpc) is 3.12. The maximum absolute atomic E-state index is 13.8. The number of carbonyl (C=O) groups is 2. The fraction of sp³-hybridized carbons (Fsp3) is 0.364. The quantitative estimate of drug-likeness (QED) is 0.524. The van der Waals surface area contributed by atoms with Crippen LogP contribution in [-0.4, -0.2) is 48.2 Å². The van der Waals surface area contributed by atoms with E-state index in [1.807, 2.05) is 0 Å². The van der Waals surface area contributed by atoms with Gasteiger partial charge >= 0.3 is 6.09 Å². The van der Waals surface area contributed by atoms with E-state index in [0.29, 0.717) is 30.5 Å². The van der Waals surface area contributed by atoms with Gasteiger partial charge in [-0.05, 0) is 31.2 Å². The highest BCUT2D eigenvalue weighted by molar-refractivity contribution is 5.95. The molecule has 12 heteroatoms. The van der Waals surface area contributed by atoms with Crippen LogP contribution in [-0.2, 0) is 11.8 Å². The number of aromatic nitrogens is 5. The third kappa shape index (κ3) is 3.84. The fourth-order valence-corrected chi connectivity index (χ4v) is 4.50. The number of hydrogen-bond acceptors (Lipinski definition) is 7. The Morgan fingerprint density at radius 1 is 1.24 bits per heavy atom. The molecule has 3 aromatic heterocycles. The Bertz CT molecular complexity index is 1270. The number of carbonyl (C=O) groups excluding carboxylic acids is 2. The highest BCUT2D eigenvalue weighted by Crippen LogP contribution is 2.62. The smallest absolute Gasteiger partial charge is 0.413 e. The fourth-order valence-electron chi connectivity index (χ4n) is 4.50. The van der Waals surface area contributed by atoms with E-state index in [0.717, 1.165) is 0 Å². The van der Waals surface area contributed by atoms with Gasteiger partial charge in [-0.3, -0.25) is 15.1 Å². The predicted octanol–water partition coefficient (Wildman–Crippen LogP) is 3.59. The molecule has 0 aliphatic heterocycles. The second kappa shape index (κ2) is 7.82. The van der Waals surface area contributed by atoms with E-state index in [1.54, 1.807) is 25.2 Å². The third-order valence-corrected chi connectivity index (χ3v) is 6.17. The molecule has 3 heterocycles. The predicted molar refractivity (Wildman–Crippen MR) is 119 cm³/mol. The SMILES string of the molecule is C[C@@H](OC(=O)Nc1c(-c2ccc(C(=O)NC34CC(F)(C3)C4)cn2)nnn1C)c1cccnc1F.[HH].[HH]. The molecule has 0 unspecified atom stereocenters. The van der Waals surface area contributed by atoms with Crippen LogP contribution < -0.4 is 10.6 Å². The van der Waals surface area contributed by atoms with Crippen molar-refractivity contribution in [1.29, 1.82) is 0 Å². The maximum atomic E-state index is 13.8. The molecular weight excluding hydrogens is 448 g/mol. The number of ether oxygens (including phenoxy) is 1. The molecule has 180 valence electrons. The molecule has 10 nitrogen and oxygen atoms in total. The molecule has 1 atom stereocenters. The van der Waals surface area contributed by atoms with E-state index in [9.17, 15) is 18.4 Å². The van der Waals surface area contributed by atoms with Crippen LogP contribution >= 0.6 is 0 Å². The first-order chi connectivity index (χ1) is 16.2. The summed E-state index contributed by atoms with van der Waals surface area (Å²) < 4.78 is 34.1. The van der Waals surface area contributed by atoms with Crippen molar-refractivity contribution in [2.75, 3.05) is 5.32 Å². The Labute approximate surface area is 195 Å². The van der Waals surface area contributed by atoms with Crippen molar-refractivity contribution in [2.24, 2.45) is 7.05 Å². The first kappa shape index (κ1) is 21.9. The van der Waals surface area contributed by atoms with Crippen molar-refractivity contribution in [3.8, 4) is 11.4 Å². The van der Waals surface area contributed by atoms with Gasteiger partial charge in [0, 0.05) is 52.7 Å². The van der Waals surface area contributed by atoms with Crippen LogP contribution in [0.2, 0.25) is 0 Å². The van der Waals surface area contributed by atoms with Gasteiger partial charge < -0.3 is 10.1 Å². The molecule has 6 rings (SSSR count). The molecule has 3 aliphatic carbocycles. The second-order valence-corrected chi connectivity index (χ2v) is 8.81. The zero-order valence-electron chi connectivity index (χ0n) is 18.4. The van der Waals surface area contributed by atoms with E-state index in [2.05, 4.69) is 30.9 Å². The maximum Gasteiger partial charge on any atom is 0.413 e. The Hall–Kier alpha value is -3.96. The normalized spacial score (nSPS) is 23.3. The lowest BCUT2D eigenvalue weighted by Gasteiger charge is -2.65. The van der Waals surface area contributed by atoms with Crippen LogP contribution in [0.25, 0.3) is 11.4 Å².